The first kappa shape index (κ1) is 21.5. The van der Waals surface area contributed by atoms with Gasteiger partial charge in [-0.3, -0.25) is 9.78 Å². The summed E-state index contributed by atoms with van der Waals surface area (Å²) in [6, 6.07) is 28.3. The Balaban J connectivity index is 1.35. The Morgan fingerprint density at radius 1 is 0.794 bits per heavy atom. The van der Waals surface area contributed by atoms with E-state index >= 15 is 0 Å². The van der Waals surface area contributed by atoms with Crippen LogP contribution in [-0.4, -0.2) is 25.1 Å². The number of aromatic nitrogens is 1. The highest BCUT2D eigenvalue weighted by Crippen LogP contribution is 2.27. The molecule has 2 heterocycles. The molecule has 1 aliphatic heterocycles. The van der Waals surface area contributed by atoms with Crippen molar-refractivity contribution in [2.45, 2.75) is 10.9 Å². The Morgan fingerprint density at radius 3 is 2.24 bits per heavy atom. The monoisotopic (exact) mass is 468 g/mol. The van der Waals surface area contributed by atoms with E-state index in [2.05, 4.69) is 20.0 Å². The molecule has 0 spiro atoms. The van der Waals surface area contributed by atoms with Crippen LogP contribution in [0.3, 0.4) is 0 Å². The molecule has 34 heavy (non-hydrogen) atoms. The van der Waals surface area contributed by atoms with Crippen LogP contribution in [-0.2, 0) is 10.0 Å². The molecule has 0 bridgehead atoms. The van der Waals surface area contributed by atoms with Crippen molar-refractivity contribution in [3.05, 3.63) is 126 Å². The van der Waals surface area contributed by atoms with Crippen LogP contribution < -0.4 is 10.6 Å². The molecule has 0 radical (unpaired) electrons. The third-order valence-electron chi connectivity index (χ3n) is 5.43. The first-order valence-electron chi connectivity index (χ1n) is 10.6. The molecule has 168 valence electrons. The minimum Gasteiger partial charge on any atom is -0.340 e. The van der Waals surface area contributed by atoms with Crippen molar-refractivity contribution in [1.82, 2.24) is 10.3 Å². The summed E-state index contributed by atoms with van der Waals surface area (Å²) in [6.07, 6.45) is 1.70. The maximum absolute atomic E-state index is 13.0. The van der Waals surface area contributed by atoms with E-state index in [1.54, 1.807) is 48.7 Å². The standard InChI is InChI=1S/C26H20N4O3S/c31-26(29-24(18-8-2-1-3-9-18)22-11-6-7-17-27-22)19-13-15-20(16-14-19)28-25-21-10-4-5-12-23(21)34(32,33)30-25/h1-17,24H,(H,28,30)(H,29,31). The minimum absolute atomic E-state index is 0.176. The predicted octanol–water partition coefficient (Wildman–Crippen LogP) is 4.16. The topological polar surface area (TPSA) is 101 Å². The Bertz CT molecular complexity index is 1430. The van der Waals surface area contributed by atoms with Crippen molar-refractivity contribution in [1.29, 1.82) is 0 Å². The lowest BCUT2D eigenvalue weighted by Gasteiger charge is -2.19. The minimum atomic E-state index is -3.71. The molecule has 7 nitrogen and oxygen atoms in total. The zero-order valence-corrected chi connectivity index (χ0v) is 18.7. The number of nitrogens with zero attached hydrogens (tertiary/aromatic N) is 2. The summed E-state index contributed by atoms with van der Waals surface area (Å²) in [5.41, 5.74) is 3.26. The van der Waals surface area contributed by atoms with Gasteiger partial charge in [-0.05, 0) is 54.1 Å². The molecule has 0 saturated heterocycles. The van der Waals surface area contributed by atoms with E-state index < -0.39 is 16.1 Å². The van der Waals surface area contributed by atoms with Crippen molar-refractivity contribution in [3.63, 3.8) is 0 Å². The molecule has 1 atom stereocenters. The molecule has 3 aromatic carbocycles. The van der Waals surface area contributed by atoms with Gasteiger partial charge in [-0.2, -0.15) is 8.42 Å². The molecule has 1 aromatic heterocycles. The lowest BCUT2D eigenvalue weighted by atomic mass is 10.0. The third-order valence-corrected chi connectivity index (χ3v) is 6.77. The number of carbonyl (C=O) groups excluding carboxylic acids is 1. The molecule has 8 heteroatoms. The third kappa shape index (κ3) is 4.31. The van der Waals surface area contributed by atoms with E-state index in [9.17, 15) is 13.2 Å². The van der Waals surface area contributed by atoms with E-state index in [4.69, 9.17) is 0 Å². The summed E-state index contributed by atoms with van der Waals surface area (Å²) < 4.78 is 28.3. The maximum atomic E-state index is 13.0. The molecule has 1 aliphatic rings. The highest BCUT2D eigenvalue weighted by Gasteiger charge is 2.28. The summed E-state index contributed by atoms with van der Waals surface area (Å²) in [6.45, 7) is 0. The SMILES string of the molecule is O=C(NC(c1ccccc1)c1ccccn1)c1ccc(NC2=NS(=O)(=O)c3ccccc32)cc1. The van der Waals surface area contributed by atoms with E-state index in [0.717, 1.165) is 11.3 Å². The lowest BCUT2D eigenvalue weighted by Crippen LogP contribution is -2.29. The van der Waals surface area contributed by atoms with Crippen LogP contribution in [0.1, 0.15) is 33.2 Å². The smallest absolute Gasteiger partial charge is 0.285 e. The number of anilines is 1. The van der Waals surface area contributed by atoms with Gasteiger partial charge in [0.15, 0.2) is 5.84 Å². The summed E-state index contributed by atoms with van der Waals surface area (Å²) in [5.74, 6) is 0.00396. The summed E-state index contributed by atoms with van der Waals surface area (Å²) in [5, 5.41) is 6.10. The number of nitrogens with one attached hydrogen (secondary N) is 2. The number of rotatable bonds is 5. The van der Waals surface area contributed by atoms with E-state index in [-0.39, 0.29) is 16.6 Å². The number of fused-ring (bicyclic) bond motifs is 1. The first-order chi connectivity index (χ1) is 16.5. The van der Waals surface area contributed by atoms with Gasteiger partial charge in [-0.1, -0.05) is 48.5 Å². The second-order valence-corrected chi connectivity index (χ2v) is 9.26. The summed E-state index contributed by atoms with van der Waals surface area (Å²) in [7, 11) is -3.71. The predicted molar refractivity (Wildman–Crippen MR) is 130 cm³/mol. The number of amides is 1. The molecule has 4 aromatic rings. The van der Waals surface area contributed by atoms with Crippen LogP contribution in [0, 0.1) is 0 Å². The number of sulfonamides is 1. The van der Waals surface area contributed by atoms with Gasteiger partial charge in [0, 0.05) is 23.0 Å². The fraction of sp³-hybridized carbons (Fsp3) is 0.0385. The molecule has 5 rings (SSSR count). The normalized spacial score (nSPS) is 14.5. The average molecular weight is 469 g/mol. The molecule has 1 unspecified atom stereocenters. The van der Waals surface area contributed by atoms with Gasteiger partial charge in [0.25, 0.3) is 15.9 Å². The Labute approximate surface area is 197 Å². The fourth-order valence-corrected chi connectivity index (χ4v) is 4.95. The number of carbonyl (C=O) groups is 1. The largest absolute Gasteiger partial charge is 0.340 e. The number of benzene rings is 3. The van der Waals surface area contributed by atoms with Gasteiger partial charge < -0.3 is 10.6 Å². The Morgan fingerprint density at radius 2 is 1.50 bits per heavy atom. The van der Waals surface area contributed by atoms with Gasteiger partial charge in [0.2, 0.25) is 0 Å². The quantitative estimate of drug-likeness (QED) is 0.458. The number of pyridine rings is 1. The molecule has 0 saturated carbocycles. The average Bonchev–Trinajstić information content (AvgIpc) is 3.13. The first-order valence-corrected chi connectivity index (χ1v) is 12.0. The second-order valence-electron chi connectivity index (χ2n) is 7.69. The zero-order chi connectivity index (χ0) is 23.5. The van der Waals surface area contributed by atoms with Crippen LogP contribution >= 0.6 is 0 Å². The van der Waals surface area contributed by atoms with Crippen molar-refractivity contribution < 1.29 is 13.2 Å². The van der Waals surface area contributed by atoms with Crippen molar-refractivity contribution in [2.75, 3.05) is 5.32 Å². The van der Waals surface area contributed by atoms with Crippen LogP contribution in [0.2, 0.25) is 0 Å². The van der Waals surface area contributed by atoms with Crippen molar-refractivity contribution in [3.8, 4) is 0 Å². The van der Waals surface area contributed by atoms with Crippen LogP contribution in [0.25, 0.3) is 0 Å². The van der Waals surface area contributed by atoms with Gasteiger partial charge >= 0.3 is 0 Å². The van der Waals surface area contributed by atoms with Crippen molar-refractivity contribution in [2.24, 2.45) is 4.40 Å². The molecule has 2 N–H and O–H groups in total. The second kappa shape index (κ2) is 8.92. The summed E-state index contributed by atoms with van der Waals surface area (Å²) in [4.78, 5) is 17.6. The van der Waals surface area contributed by atoms with E-state index in [1.807, 2.05) is 48.5 Å². The van der Waals surface area contributed by atoms with E-state index in [0.29, 0.717) is 16.8 Å². The molecule has 0 fully saturated rings. The Hall–Kier alpha value is -4.30. The fourth-order valence-electron chi connectivity index (χ4n) is 3.77. The molecule has 0 aliphatic carbocycles. The van der Waals surface area contributed by atoms with E-state index in [1.165, 1.54) is 6.07 Å². The molecule has 1 amide bonds. The Kier molecular flexibility index (Phi) is 5.65. The van der Waals surface area contributed by atoms with Crippen LogP contribution in [0.5, 0.6) is 0 Å². The van der Waals surface area contributed by atoms with Gasteiger partial charge in [-0.15, -0.1) is 4.40 Å². The summed E-state index contributed by atoms with van der Waals surface area (Å²) >= 11 is 0. The van der Waals surface area contributed by atoms with Crippen molar-refractivity contribution >= 4 is 27.5 Å². The molecular weight excluding hydrogens is 448 g/mol. The lowest BCUT2D eigenvalue weighted by molar-refractivity contribution is 0.0942. The van der Waals surface area contributed by atoms with Crippen LogP contribution in [0.4, 0.5) is 5.69 Å². The maximum Gasteiger partial charge on any atom is 0.285 e. The van der Waals surface area contributed by atoms with Gasteiger partial charge in [0.05, 0.1) is 11.7 Å². The highest BCUT2D eigenvalue weighted by atomic mass is 32.2. The zero-order valence-electron chi connectivity index (χ0n) is 17.9. The van der Waals surface area contributed by atoms with Gasteiger partial charge in [-0.25, -0.2) is 0 Å². The highest BCUT2D eigenvalue weighted by molar-refractivity contribution is 7.90. The number of amidine groups is 1. The molecular formula is C26H20N4O3S. The van der Waals surface area contributed by atoms with Crippen LogP contribution in [0.15, 0.2) is 113 Å². The van der Waals surface area contributed by atoms with Gasteiger partial charge in [0.1, 0.15) is 4.90 Å². The number of hydrogen-bond donors (Lipinski definition) is 2. The number of hydrogen-bond acceptors (Lipinski definition) is 5.